The second kappa shape index (κ2) is 25.2. The van der Waals surface area contributed by atoms with E-state index >= 15 is 0 Å². The summed E-state index contributed by atoms with van der Waals surface area (Å²) >= 11 is 0. The molecule has 6 nitrogen and oxygen atoms in total. The first-order chi connectivity index (χ1) is 17.4. The van der Waals surface area contributed by atoms with Crippen LogP contribution in [0.15, 0.2) is 72.8 Å². The van der Waals surface area contributed by atoms with Crippen molar-refractivity contribution in [2.75, 3.05) is 13.2 Å². The van der Waals surface area contributed by atoms with Crippen molar-refractivity contribution in [3.8, 4) is 0 Å². The van der Waals surface area contributed by atoms with Gasteiger partial charge in [0.1, 0.15) is 0 Å². The molecule has 0 fully saturated rings. The maximum Gasteiger partial charge on any atom is 0.155 e. The molecule has 0 radical (unpaired) electrons. The Balaban J connectivity index is 0. The van der Waals surface area contributed by atoms with E-state index in [-0.39, 0.29) is 58.0 Å². The molecular formula is C30H38O6Ti-4. The van der Waals surface area contributed by atoms with Crippen LogP contribution in [-0.4, -0.2) is 24.8 Å². The van der Waals surface area contributed by atoms with Gasteiger partial charge in [0.25, 0.3) is 0 Å². The van der Waals surface area contributed by atoms with Crippen LogP contribution in [0.2, 0.25) is 0 Å². The molecule has 0 saturated carbocycles. The molecular weight excluding hydrogens is 504 g/mol. The van der Waals surface area contributed by atoms with Crippen LogP contribution < -0.4 is 20.4 Å². The first kappa shape index (κ1) is 36.7. The minimum absolute atomic E-state index is 0. The molecule has 2 aromatic carbocycles. The summed E-state index contributed by atoms with van der Waals surface area (Å²) in [6.45, 7) is 3.14. The van der Waals surface area contributed by atoms with E-state index in [9.17, 15) is 19.8 Å². The molecule has 0 heterocycles. The topological polar surface area (TPSA) is 126 Å². The van der Waals surface area contributed by atoms with Gasteiger partial charge in [0.05, 0.1) is 0 Å². The molecule has 0 atom stereocenters. The van der Waals surface area contributed by atoms with Gasteiger partial charge in [-0.15, -0.1) is 13.2 Å². The van der Waals surface area contributed by atoms with E-state index in [0.29, 0.717) is 24.0 Å². The molecule has 0 unspecified atom stereocenters. The van der Waals surface area contributed by atoms with E-state index in [4.69, 9.17) is 10.2 Å². The summed E-state index contributed by atoms with van der Waals surface area (Å²) in [6.07, 6.45) is 8.48. The van der Waals surface area contributed by atoms with Gasteiger partial charge in [-0.2, -0.15) is 0 Å². The minimum atomic E-state index is -0.243. The van der Waals surface area contributed by atoms with Crippen molar-refractivity contribution in [1.29, 1.82) is 0 Å². The van der Waals surface area contributed by atoms with Crippen LogP contribution in [0.5, 0.6) is 0 Å². The predicted octanol–water partition coefficient (Wildman–Crippen LogP) is 2.78. The summed E-state index contributed by atoms with van der Waals surface area (Å²) < 4.78 is 0. The van der Waals surface area contributed by atoms with Crippen molar-refractivity contribution in [1.82, 2.24) is 0 Å². The van der Waals surface area contributed by atoms with Crippen LogP contribution in [0, 0.1) is 0 Å². The zero-order valence-electron chi connectivity index (χ0n) is 21.9. The molecule has 37 heavy (non-hydrogen) atoms. The van der Waals surface area contributed by atoms with Crippen LogP contribution in [0.3, 0.4) is 0 Å². The van der Waals surface area contributed by atoms with Crippen LogP contribution >= 0.6 is 0 Å². The van der Waals surface area contributed by atoms with E-state index in [1.165, 1.54) is 12.2 Å². The Hall–Kier alpha value is -2.51. The fourth-order valence-corrected chi connectivity index (χ4v) is 3.11. The molecule has 0 aliphatic heterocycles. The fourth-order valence-electron chi connectivity index (χ4n) is 3.11. The predicted molar refractivity (Wildman–Crippen MR) is 137 cm³/mol. The van der Waals surface area contributed by atoms with Gasteiger partial charge in [-0.3, -0.25) is 9.59 Å². The quantitative estimate of drug-likeness (QED) is 0.166. The molecule has 0 aliphatic carbocycles. The number of benzene rings is 2. The van der Waals surface area contributed by atoms with Gasteiger partial charge in [-0.25, -0.2) is 0 Å². The summed E-state index contributed by atoms with van der Waals surface area (Å²) in [5.41, 5.74) is 1.06. The van der Waals surface area contributed by atoms with E-state index in [0.717, 1.165) is 38.5 Å². The normalized spacial score (nSPS) is 10.7. The third-order valence-electron chi connectivity index (χ3n) is 4.80. The third-order valence-corrected chi connectivity index (χ3v) is 4.80. The van der Waals surface area contributed by atoms with Crippen molar-refractivity contribution in [2.24, 2.45) is 0 Å². The standard InChI is InChI=1S/C26H30O4.2C2H5O.Ti/c27-23(19-25(29)21-13-7-5-8-14-21)17-11-3-1-2-4-12-18-24(28)20-26(30)22-15-9-6-10-16-22;2*1-2-3;/h5-10,13-16,19-20,29-30H,1-4,11-12,17-18H2;2*2H2,1H3;/q;2*-1;/p-2/b25-19-,26-20-;;;. The maximum atomic E-state index is 11.9. The summed E-state index contributed by atoms with van der Waals surface area (Å²) in [5, 5.41) is 41.7. The molecule has 0 spiro atoms. The number of rotatable bonds is 13. The third kappa shape index (κ3) is 20.3. The van der Waals surface area contributed by atoms with E-state index in [1.807, 2.05) is 12.1 Å². The first-order valence-corrected chi connectivity index (χ1v) is 12.5. The number of ketones is 2. The summed E-state index contributed by atoms with van der Waals surface area (Å²) in [7, 11) is 0. The number of allylic oxidation sites excluding steroid dienone is 2. The fraction of sp³-hybridized carbons (Fsp3) is 0.400. The molecule has 0 aromatic heterocycles. The molecule has 0 aliphatic rings. The second-order valence-electron chi connectivity index (χ2n) is 7.88. The van der Waals surface area contributed by atoms with Crippen molar-refractivity contribution < 1.29 is 51.7 Å². The van der Waals surface area contributed by atoms with Gasteiger partial charge < -0.3 is 20.4 Å². The first-order valence-electron chi connectivity index (χ1n) is 12.5. The average molecular weight is 542 g/mol. The smallest absolute Gasteiger partial charge is 0.155 e. The molecule has 202 valence electrons. The second-order valence-corrected chi connectivity index (χ2v) is 7.88. The Kier molecular flexibility index (Phi) is 24.9. The molecule has 0 bridgehead atoms. The number of unbranched alkanes of at least 4 members (excludes halogenated alkanes) is 5. The van der Waals surface area contributed by atoms with Crippen LogP contribution in [0.4, 0.5) is 0 Å². The average Bonchev–Trinajstić information content (AvgIpc) is 2.87. The SMILES string of the molecule is CC[O-].CC[O-].O=C(/C=C(\[O-])c1ccccc1)CCCCCCCCC(=O)/C=C(\[O-])c1ccccc1.[Ti]. The van der Waals surface area contributed by atoms with Gasteiger partial charge in [-0.1, -0.05) is 112 Å². The number of hydrogen-bond acceptors (Lipinski definition) is 6. The maximum absolute atomic E-state index is 11.9. The van der Waals surface area contributed by atoms with Gasteiger partial charge in [0, 0.05) is 34.6 Å². The Morgan fingerprint density at radius 3 is 1.16 bits per heavy atom. The van der Waals surface area contributed by atoms with Crippen LogP contribution in [-0.2, 0) is 31.3 Å². The number of carbonyl (C=O) groups is 2. The van der Waals surface area contributed by atoms with Gasteiger partial charge in [0.2, 0.25) is 0 Å². The minimum Gasteiger partial charge on any atom is -0.872 e. The van der Waals surface area contributed by atoms with Crippen LogP contribution in [0.25, 0.3) is 11.5 Å². The molecule has 2 aromatic rings. The Morgan fingerprint density at radius 2 is 0.865 bits per heavy atom. The van der Waals surface area contributed by atoms with Crippen molar-refractivity contribution in [3.63, 3.8) is 0 Å². The zero-order valence-corrected chi connectivity index (χ0v) is 23.5. The van der Waals surface area contributed by atoms with Crippen molar-refractivity contribution in [2.45, 2.75) is 65.2 Å². The summed E-state index contributed by atoms with van der Waals surface area (Å²) in [6, 6.07) is 17.6. The van der Waals surface area contributed by atoms with Crippen LogP contribution in [0.1, 0.15) is 76.3 Å². The Bertz CT molecular complexity index is 819. The molecule has 0 amide bonds. The zero-order chi connectivity index (χ0) is 27.0. The number of carbonyl (C=O) groups excluding carboxylic acids is 2. The Morgan fingerprint density at radius 1 is 0.595 bits per heavy atom. The molecule has 2 rings (SSSR count). The van der Waals surface area contributed by atoms with Crippen molar-refractivity contribution in [3.05, 3.63) is 83.9 Å². The molecule has 0 N–H and O–H groups in total. The van der Waals surface area contributed by atoms with E-state index in [2.05, 4.69) is 0 Å². The summed E-state index contributed by atoms with van der Waals surface area (Å²) in [4.78, 5) is 23.8. The largest absolute Gasteiger partial charge is 0.872 e. The molecule has 0 saturated heterocycles. The van der Waals surface area contributed by atoms with Gasteiger partial charge >= 0.3 is 0 Å². The van der Waals surface area contributed by atoms with Crippen molar-refractivity contribution >= 4 is 23.1 Å². The molecule has 7 heteroatoms. The van der Waals surface area contributed by atoms with E-state index < -0.39 is 0 Å². The van der Waals surface area contributed by atoms with Gasteiger partial charge in [-0.05, 0) is 36.1 Å². The monoisotopic (exact) mass is 542 g/mol. The van der Waals surface area contributed by atoms with Gasteiger partial charge in [0.15, 0.2) is 11.6 Å². The Labute approximate surface area is 236 Å². The summed E-state index contributed by atoms with van der Waals surface area (Å²) in [5.74, 6) is -0.748. The number of hydrogen-bond donors (Lipinski definition) is 0. The van der Waals surface area contributed by atoms with E-state index in [1.54, 1.807) is 62.4 Å².